The summed E-state index contributed by atoms with van der Waals surface area (Å²) in [6.07, 6.45) is 1.27. The minimum absolute atomic E-state index is 0.321. The maximum absolute atomic E-state index is 13.7. The number of hydrogen-bond donors (Lipinski definition) is 2. The predicted molar refractivity (Wildman–Crippen MR) is 63.7 cm³/mol. The third kappa shape index (κ3) is 2.36. The average molecular weight is 254 g/mol. The lowest BCUT2D eigenvalue weighted by molar-refractivity contribution is -0.126. The quantitative estimate of drug-likeness (QED) is 0.864. The average Bonchev–Trinajstić information content (AvgIpc) is 2.96. The first kappa shape index (κ1) is 13.0. The number of amides is 1. The smallest absolute Gasteiger partial charge is 0.240 e. The van der Waals surface area contributed by atoms with Gasteiger partial charge >= 0.3 is 0 Å². The first-order valence-electron chi connectivity index (χ1n) is 5.82. The zero-order valence-electron chi connectivity index (χ0n) is 10.4. The third-order valence-corrected chi connectivity index (χ3v) is 3.13. The number of nitrogens with one attached hydrogen (secondary N) is 1. The highest BCUT2D eigenvalue weighted by atomic mass is 19.1. The largest absolute Gasteiger partial charge is 0.345 e. The van der Waals surface area contributed by atoms with Crippen molar-refractivity contribution in [1.82, 2.24) is 5.32 Å². The Balaban J connectivity index is 2.25. The van der Waals surface area contributed by atoms with Crippen molar-refractivity contribution < 1.29 is 13.6 Å². The highest BCUT2D eigenvalue weighted by Crippen LogP contribution is 2.46. The van der Waals surface area contributed by atoms with E-state index in [4.69, 9.17) is 5.73 Å². The van der Waals surface area contributed by atoms with E-state index in [0.717, 1.165) is 6.07 Å². The summed E-state index contributed by atoms with van der Waals surface area (Å²) in [4.78, 5) is 11.8. The van der Waals surface area contributed by atoms with E-state index in [2.05, 4.69) is 5.32 Å². The van der Waals surface area contributed by atoms with Gasteiger partial charge in [-0.05, 0) is 32.8 Å². The number of benzene rings is 1. The van der Waals surface area contributed by atoms with Crippen molar-refractivity contribution in [3.8, 4) is 0 Å². The van der Waals surface area contributed by atoms with Crippen LogP contribution in [0.3, 0.4) is 0 Å². The van der Waals surface area contributed by atoms with Crippen LogP contribution in [-0.4, -0.2) is 11.4 Å². The number of halogens is 2. The van der Waals surface area contributed by atoms with Crippen LogP contribution < -0.4 is 11.1 Å². The molecule has 3 nitrogen and oxygen atoms in total. The molecule has 0 spiro atoms. The summed E-state index contributed by atoms with van der Waals surface area (Å²) in [6.45, 7) is 3.17. The Morgan fingerprint density at radius 1 is 1.39 bits per heavy atom. The molecule has 18 heavy (non-hydrogen) atoms. The number of nitrogens with two attached hydrogens (primary N) is 1. The number of hydrogen-bond acceptors (Lipinski definition) is 2. The van der Waals surface area contributed by atoms with Crippen LogP contribution in [0.2, 0.25) is 0 Å². The van der Waals surface area contributed by atoms with E-state index >= 15 is 0 Å². The van der Waals surface area contributed by atoms with E-state index in [1.807, 2.05) is 0 Å². The van der Waals surface area contributed by atoms with Crippen LogP contribution in [0.5, 0.6) is 0 Å². The van der Waals surface area contributed by atoms with Crippen molar-refractivity contribution in [2.45, 2.75) is 37.8 Å². The number of carbonyl (C=O) groups excluding carboxylic acids is 1. The number of rotatable bonds is 3. The van der Waals surface area contributed by atoms with Gasteiger partial charge in [-0.3, -0.25) is 4.79 Å². The fraction of sp³-hybridized carbons (Fsp3) is 0.462. The first-order valence-corrected chi connectivity index (χ1v) is 5.82. The second kappa shape index (κ2) is 4.02. The van der Waals surface area contributed by atoms with Gasteiger partial charge in [0.1, 0.15) is 11.6 Å². The Kier molecular flexibility index (Phi) is 2.89. The molecule has 1 fully saturated rings. The summed E-state index contributed by atoms with van der Waals surface area (Å²) in [6, 6.07) is 3.40. The van der Waals surface area contributed by atoms with Crippen LogP contribution in [0.15, 0.2) is 18.2 Å². The van der Waals surface area contributed by atoms with Crippen LogP contribution in [-0.2, 0) is 10.3 Å². The Hall–Kier alpha value is -1.49. The third-order valence-electron chi connectivity index (χ3n) is 3.13. The highest BCUT2D eigenvalue weighted by molar-refractivity contribution is 5.86. The summed E-state index contributed by atoms with van der Waals surface area (Å²) in [5.41, 5.74) is 4.27. The monoisotopic (exact) mass is 254 g/mol. The second-order valence-corrected chi connectivity index (χ2v) is 5.38. The molecule has 0 heterocycles. The molecule has 1 aromatic rings. The first-order chi connectivity index (χ1) is 8.24. The molecule has 1 aromatic carbocycles. The summed E-state index contributed by atoms with van der Waals surface area (Å²) < 4.78 is 26.6. The van der Waals surface area contributed by atoms with E-state index in [0.29, 0.717) is 18.4 Å². The minimum atomic E-state index is -1.02. The van der Waals surface area contributed by atoms with Crippen LogP contribution in [0, 0.1) is 11.6 Å². The summed E-state index contributed by atoms with van der Waals surface area (Å²) >= 11 is 0. The van der Waals surface area contributed by atoms with Gasteiger partial charge in [0.15, 0.2) is 0 Å². The van der Waals surface area contributed by atoms with Crippen molar-refractivity contribution in [2.24, 2.45) is 5.73 Å². The zero-order valence-corrected chi connectivity index (χ0v) is 10.4. The fourth-order valence-electron chi connectivity index (χ4n) is 1.84. The molecule has 1 amide bonds. The van der Waals surface area contributed by atoms with Crippen molar-refractivity contribution >= 4 is 5.91 Å². The van der Waals surface area contributed by atoms with E-state index in [-0.39, 0.29) is 5.91 Å². The molecular formula is C13H16F2N2O. The van der Waals surface area contributed by atoms with Gasteiger partial charge in [0.25, 0.3) is 0 Å². The summed E-state index contributed by atoms with van der Waals surface area (Å²) in [7, 11) is 0. The predicted octanol–water partition coefficient (Wildman–Crippen LogP) is 1.81. The molecule has 98 valence electrons. The molecule has 0 aromatic heterocycles. The molecule has 0 saturated heterocycles. The fourth-order valence-corrected chi connectivity index (χ4v) is 1.84. The lowest BCUT2D eigenvalue weighted by Gasteiger charge is -2.24. The van der Waals surface area contributed by atoms with Crippen molar-refractivity contribution in [1.29, 1.82) is 0 Å². The van der Waals surface area contributed by atoms with Crippen LogP contribution in [0.25, 0.3) is 0 Å². The van der Waals surface area contributed by atoms with Gasteiger partial charge in [0.05, 0.1) is 11.1 Å². The molecule has 1 aliphatic carbocycles. The van der Waals surface area contributed by atoms with Crippen molar-refractivity contribution in [3.63, 3.8) is 0 Å². The van der Waals surface area contributed by atoms with E-state index < -0.39 is 22.7 Å². The lowest BCUT2D eigenvalue weighted by atomic mass is 10.0. The van der Waals surface area contributed by atoms with Gasteiger partial charge in [-0.15, -0.1) is 0 Å². The topological polar surface area (TPSA) is 55.1 Å². The molecule has 2 rings (SSSR count). The van der Waals surface area contributed by atoms with Gasteiger partial charge in [0.2, 0.25) is 5.91 Å². The minimum Gasteiger partial charge on any atom is -0.345 e. The molecule has 1 saturated carbocycles. The van der Waals surface area contributed by atoms with E-state index in [9.17, 15) is 13.6 Å². The molecule has 0 unspecified atom stereocenters. The molecule has 0 aliphatic heterocycles. The normalized spacial score (nSPS) is 17.4. The van der Waals surface area contributed by atoms with Crippen LogP contribution in [0.1, 0.15) is 32.3 Å². The zero-order chi connectivity index (χ0) is 13.6. The number of carbonyl (C=O) groups is 1. The Bertz CT molecular complexity index is 490. The summed E-state index contributed by atoms with van der Waals surface area (Å²) in [5, 5.41) is 2.76. The van der Waals surface area contributed by atoms with Gasteiger partial charge < -0.3 is 11.1 Å². The molecule has 3 N–H and O–H groups in total. The Morgan fingerprint density at radius 2 is 2.00 bits per heavy atom. The Morgan fingerprint density at radius 3 is 2.44 bits per heavy atom. The molecule has 5 heteroatoms. The Labute approximate surface area is 104 Å². The van der Waals surface area contributed by atoms with Gasteiger partial charge in [-0.2, -0.15) is 0 Å². The van der Waals surface area contributed by atoms with Crippen molar-refractivity contribution in [3.05, 3.63) is 35.4 Å². The maximum Gasteiger partial charge on any atom is 0.240 e. The van der Waals surface area contributed by atoms with Gasteiger partial charge in [0, 0.05) is 11.6 Å². The molecule has 0 atom stereocenters. The molecule has 0 radical (unpaired) electrons. The second-order valence-electron chi connectivity index (χ2n) is 5.38. The summed E-state index contributed by atoms with van der Waals surface area (Å²) in [5.74, 6) is -1.61. The van der Waals surface area contributed by atoms with Gasteiger partial charge in [-0.25, -0.2) is 8.78 Å². The van der Waals surface area contributed by atoms with Gasteiger partial charge in [-0.1, -0.05) is 6.07 Å². The molecular weight excluding hydrogens is 238 g/mol. The molecule has 0 bridgehead atoms. The van der Waals surface area contributed by atoms with Crippen LogP contribution in [0.4, 0.5) is 8.78 Å². The lowest BCUT2D eigenvalue weighted by Crippen LogP contribution is -2.52. The van der Waals surface area contributed by atoms with Crippen molar-refractivity contribution in [2.75, 3.05) is 0 Å². The van der Waals surface area contributed by atoms with E-state index in [1.54, 1.807) is 13.8 Å². The van der Waals surface area contributed by atoms with E-state index in [1.165, 1.54) is 12.1 Å². The molecule has 1 aliphatic rings. The van der Waals surface area contributed by atoms with Crippen LogP contribution >= 0.6 is 0 Å². The maximum atomic E-state index is 13.7. The standard InChI is InChI=1S/C13H16F2N2O/c1-12(2,16)11(18)17-13(5-6-13)9-4-3-8(14)7-10(9)15/h3-4,7H,5-6,16H2,1-2H3,(H,17,18). The highest BCUT2D eigenvalue weighted by Gasteiger charge is 2.48. The SMILES string of the molecule is CC(C)(N)C(=O)NC1(c2ccc(F)cc2F)CC1.